The van der Waals surface area contributed by atoms with Crippen molar-refractivity contribution in [1.82, 2.24) is 4.90 Å². The molecule has 0 bridgehead atoms. The van der Waals surface area contributed by atoms with E-state index in [2.05, 4.69) is 58.3 Å². The van der Waals surface area contributed by atoms with E-state index < -0.39 is 6.29 Å². The molecule has 2 heterocycles. The Morgan fingerprint density at radius 3 is 2.48 bits per heavy atom. The molecule has 166 valence electrons. The summed E-state index contributed by atoms with van der Waals surface area (Å²) in [5.41, 5.74) is 8.86. The molecule has 0 spiro atoms. The van der Waals surface area contributed by atoms with Crippen LogP contribution in [0.25, 0.3) is 0 Å². The van der Waals surface area contributed by atoms with Crippen LogP contribution >= 0.6 is 12.4 Å². The summed E-state index contributed by atoms with van der Waals surface area (Å²) in [7, 11) is 0. The van der Waals surface area contributed by atoms with Gasteiger partial charge in [-0.2, -0.15) is 4.99 Å². The third kappa shape index (κ3) is 5.26. The van der Waals surface area contributed by atoms with Crippen LogP contribution in [-0.4, -0.2) is 49.4 Å². The maximum absolute atomic E-state index is 13.7. The number of aliphatic imine (C=N–C) groups is 2. The van der Waals surface area contributed by atoms with Gasteiger partial charge in [0.05, 0.1) is 13.2 Å². The summed E-state index contributed by atoms with van der Waals surface area (Å²) >= 11 is 0. The average molecular weight is 447 g/mol. The molecule has 0 aromatic heterocycles. The van der Waals surface area contributed by atoms with Gasteiger partial charge in [0.15, 0.2) is 0 Å². The van der Waals surface area contributed by atoms with E-state index in [9.17, 15) is 4.39 Å². The zero-order chi connectivity index (χ0) is 21.1. The van der Waals surface area contributed by atoms with Crippen LogP contribution in [-0.2, 0) is 4.74 Å². The molecule has 1 saturated heterocycles. The van der Waals surface area contributed by atoms with Crippen LogP contribution < -0.4 is 16.0 Å². The van der Waals surface area contributed by atoms with Gasteiger partial charge < -0.3 is 20.7 Å². The molecule has 1 fully saturated rings. The first-order valence-corrected chi connectivity index (χ1v) is 10.2. The molecular formula is C22H28ClFN6O. The Hall–Kier alpha value is -2.84. The standard InChI is InChI=1S/C22H27FN6O.ClH/c1-15(2)16-6-8-19(9-7-16)29-21(25-18-5-3-4-17(23)14-18)26-20(24)27-22(29)28-10-12-30-13-11-28;/h3-9,14-15,21,25H,10-13H2,1-2H3,(H2,24,26);1H. The molecule has 4 rings (SSSR count). The van der Waals surface area contributed by atoms with E-state index in [0.717, 1.165) is 5.69 Å². The molecule has 1 atom stereocenters. The lowest BCUT2D eigenvalue weighted by Crippen LogP contribution is -2.57. The molecule has 2 aromatic rings. The summed E-state index contributed by atoms with van der Waals surface area (Å²) in [6.07, 6.45) is -0.563. The topological polar surface area (TPSA) is 78.5 Å². The fourth-order valence-corrected chi connectivity index (χ4v) is 3.56. The second-order valence-corrected chi connectivity index (χ2v) is 7.64. The Bertz CT molecular complexity index is 943. The number of nitrogens with two attached hydrogens (primary N) is 1. The molecule has 0 saturated carbocycles. The van der Waals surface area contributed by atoms with Gasteiger partial charge in [0.2, 0.25) is 18.2 Å². The lowest BCUT2D eigenvalue weighted by Gasteiger charge is -2.41. The average Bonchev–Trinajstić information content (AvgIpc) is 2.74. The second kappa shape index (κ2) is 9.98. The predicted octanol–water partition coefficient (Wildman–Crippen LogP) is 3.59. The summed E-state index contributed by atoms with van der Waals surface area (Å²) in [4.78, 5) is 13.2. The van der Waals surface area contributed by atoms with Gasteiger partial charge in [-0.05, 0) is 41.8 Å². The van der Waals surface area contributed by atoms with Crippen molar-refractivity contribution in [2.45, 2.75) is 26.1 Å². The fraction of sp³-hybridized carbons (Fsp3) is 0.364. The molecule has 0 radical (unpaired) electrons. The minimum atomic E-state index is -0.563. The van der Waals surface area contributed by atoms with E-state index in [1.807, 2.05) is 4.90 Å². The fourth-order valence-electron chi connectivity index (χ4n) is 3.56. The number of nitrogens with zero attached hydrogens (tertiary/aromatic N) is 4. The van der Waals surface area contributed by atoms with Crippen LogP contribution in [0.2, 0.25) is 0 Å². The molecule has 2 aromatic carbocycles. The van der Waals surface area contributed by atoms with Crippen LogP contribution in [0.4, 0.5) is 15.8 Å². The van der Waals surface area contributed by atoms with Crippen molar-refractivity contribution in [2.24, 2.45) is 15.7 Å². The van der Waals surface area contributed by atoms with Crippen molar-refractivity contribution in [2.75, 3.05) is 36.5 Å². The van der Waals surface area contributed by atoms with E-state index in [1.165, 1.54) is 17.7 Å². The van der Waals surface area contributed by atoms with Gasteiger partial charge in [-0.1, -0.05) is 32.0 Å². The smallest absolute Gasteiger partial charge is 0.222 e. The van der Waals surface area contributed by atoms with Gasteiger partial charge in [0.1, 0.15) is 5.82 Å². The van der Waals surface area contributed by atoms with Gasteiger partial charge in [-0.3, -0.25) is 4.90 Å². The van der Waals surface area contributed by atoms with Crippen LogP contribution in [0.3, 0.4) is 0 Å². The Kier molecular flexibility index (Phi) is 7.35. The van der Waals surface area contributed by atoms with Gasteiger partial charge >= 0.3 is 0 Å². The van der Waals surface area contributed by atoms with E-state index >= 15 is 0 Å². The second-order valence-electron chi connectivity index (χ2n) is 7.64. The molecule has 31 heavy (non-hydrogen) atoms. The molecular weight excluding hydrogens is 419 g/mol. The molecule has 2 aliphatic heterocycles. The highest BCUT2D eigenvalue weighted by Crippen LogP contribution is 2.26. The summed E-state index contributed by atoms with van der Waals surface area (Å²) in [6, 6.07) is 14.6. The Balaban J connectivity index is 0.00000272. The third-order valence-corrected chi connectivity index (χ3v) is 5.18. The van der Waals surface area contributed by atoms with Crippen molar-refractivity contribution in [3.63, 3.8) is 0 Å². The Morgan fingerprint density at radius 2 is 1.84 bits per heavy atom. The van der Waals surface area contributed by atoms with Crippen LogP contribution in [0, 0.1) is 5.82 Å². The molecule has 0 amide bonds. The summed E-state index contributed by atoms with van der Waals surface area (Å²) in [6.45, 7) is 6.99. The van der Waals surface area contributed by atoms with E-state index in [0.29, 0.717) is 43.9 Å². The number of anilines is 2. The first-order chi connectivity index (χ1) is 14.5. The van der Waals surface area contributed by atoms with Crippen molar-refractivity contribution < 1.29 is 9.13 Å². The van der Waals surface area contributed by atoms with Crippen LogP contribution in [0.1, 0.15) is 25.3 Å². The largest absolute Gasteiger partial charge is 0.378 e. The normalized spacial score (nSPS) is 18.9. The highest BCUT2D eigenvalue weighted by atomic mass is 35.5. The zero-order valence-electron chi connectivity index (χ0n) is 17.7. The van der Waals surface area contributed by atoms with E-state index in [-0.39, 0.29) is 24.2 Å². The highest BCUT2D eigenvalue weighted by molar-refractivity contribution is 6.06. The van der Waals surface area contributed by atoms with Gasteiger partial charge in [-0.25, -0.2) is 9.38 Å². The highest BCUT2D eigenvalue weighted by Gasteiger charge is 2.32. The number of benzene rings is 2. The number of halogens is 2. The van der Waals surface area contributed by atoms with Crippen molar-refractivity contribution in [1.29, 1.82) is 0 Å². The van der Waals surface area contributed by atoms with Crippen molar-refractivity contribution in [3.05, 3.63) is 59.9 Å². The summed E-state index contributed by atoms with van der Waals surface area (Å²) in [5, 5.41) is 3.29. The number of hydrogen-bond donors (Lipinski definition) is 2. The first-order valence-electron chi connectivity index (χ1n) is 10.2. The van der Waals surface area contributed by atoms with Crippen LogP contribution in [0.15, 0.2) is 58.5 Å². The quantitative estimate of drug-likeness (QED) is 0.750. The molecule has 3 N–H and O–H groups in total. The lowest BCUT2D eigenvalue weighted by atomic mass is 10.0. The van der Waals surface area contributed by atoms with Gasteiger partial charge in [0.25, 0.3) is 0 Å². The van der Waals surface area contributed by atoms with E-state index in [1.54, 1.807) is 12.1 Å². The van der Waals surface area contributed by atoms with Gasteiger partial charge in [-0.15, -0.1) is 12.4 Å². The zero-order valence-corrected chi connectivity index (χ0v) is 18.5. The number of nitrogens with one attached hydrogen (secondary N) is 1. The number of guanidine groups is 2. The van der Waals surface area contributed by atoms with Crippen LogP contribution in [0.5, 0.6) is 0 Å². The number of rotatable bonds is 4. The number of hydrogen-bond acceptors (Lipinski definition) is 7. The first kappa shape index (κ1) is 22.8. The van der Waals surface area contributed by atoms with Crippen molar-refractivity contribution >= 4 is 35.7 Å². The SMILES string of the molecule is CC(C)c1ccc(N2C(N3CCOCC3)=NC(N)=NC2Nc2cccc(F)c2)cc1.Cl. The molecule has 0 aliphatic carbocycles. The summed E-state index contributed by atoms with van der Waals surface area (Å²) < 4.78 is 19.2. The minimum absolute atomic E-state index is 0. The molecule has 9 heteroatoms. The Labute approximate surface area is 188 Å². The maximum atomic E-state index is 13.7. The van der Waals surface area contributed by atoms with Crippen molar-refractivity contribution in [3.8, 4) is 0 Å². The molecule has 1 unspecified atom stereocenters. The molecule has 7 nitrogen and oxygen atoms in total. The monoisotopic (exact) mass is 446 g/mol. The molecule has 2 aliphatic rings. The van der Waals surface area contributed by atoms with E-state index in [4.69, 9.17) is 10.5 Å². The van der Waals surface area contributed by atoms with Gasteiger partial charge in [0, 0.05) is 24.5 Å². The third-order valence-electron chi connectivity index (χ3n) is 5.18. The minimum Gasteiger partial charge on any atom is -0.378 e. The predicted molar refractivity (Wildman–Crippen MR) is 126 cm³/mol. The summed E-state index contributed by atoms with van der Waals surface area (Å²) in [5.74, 6) is 1.00. The lowest BCUT2D eigenvalue weighted by molar-refractivity contribution is 0.0671. The maximum Gasteiger partial charge on any atom is 0.222 e. The number of morpholine rings is 1. The Morgan fingerprint density at radius 1 is 1.13 bits per heavy atom. The number of ether oxygens (including phenoxy) is 1.